The monoisotopic (exact) mass is 997 g/mol. The maximum absolute atomic E-state index is 12.9. The minimum Gasteiger partial charge on any atom is -0.503 e. The number of thiazole rings is 2. The molecule has 54 heavy (non-hydrogen) atoms. The number of aromatic nitrogens is 2. The van der Waals surface area contributed by atoms with Gasteiger partial charge in [-0.25, -0.2) is 4.79 Å². The van der Waals surface area contributed by atoms with Crippen LogP contribution in [0.15, 0.2) is 54.8 Å². The smallest absolute Gasteiger partial charge is 0.428 e. The number of benzene rings is 2. The van der Waals surface area contributed by atoms with Crippen LogP contribution in [0.1, 0.15) is 26.8 Å². The Balaban J connectivity index is 0.000000522. The second-order valence-corrected chi connectivity index (χ2v) is 12.2. The Kier molecular flexibility index (Phi) is 20.1. The van der Waals surface area contributed by atoms with Crippen molar-refractivity contribution in [2.75, 3.05) is 35.5 Å². The third-order valence-corrected chi connectivity index (χ3v) is 9.03. The van der Waals surface area contributed by atoms with Gasteiger partial charge in [0.25, 0.3) is 10.4 Å². The van der Waals surface area contributed by atoms with E-state index < -0.39 is 56.6 Å². The molecule has 0 aliphatic rings. The molecule has 0 saturated heterocycles. The molecule has 23 heteroatoms. The average molecular weight is 998 g/mol. The number of methoxy groups -OCH3 is 5. The number of nitrogens with zero attached hydrogens (tertiary/aromatic N) is 2. The van der Waals surface area contributed by atoms with E-state index in [9.17, 15) is 35.9 Å². The fraction of sp³-hybridized carbons (Fsp3) is 0.290. The van der Waals surface area contributed by atoms with E-state index in [4.69, 9.17) is 51.6 Å². The van der Waals surface area contributed by atoms with Gasteiger partial charge in [0.2, 0.25) is 0 Å². The van der Waals surface area contributed by atoms with Crippen LogP contribution >= 0.6 is 69.9 Å². The van der Waals surface area contributed by atoms with Crippen LogP contribution in [0.3, 0.4) is 0 Å². The summed E-state index contributed by atoms with van der Waals surface area (Å²) in [5.74, 6) is -2.24. The van der Waals surface area contributed by atoms with Crippen LogP contribution in [-0.4, -0.2) is 63.7 Å². The van der Waals surface area contributed by atoms with Crippen molar-refractivity contribution in [3.8, 4) is 21.9 Å². The zero-order chi connectivity index (χ0) is 38.8. The van der Waals surface area contributed by atoms with E-state index in [-0.39, 0.29) is 104 Å². The van der Waals surface area contributed by atoms with Gasteiger partial charge >= 0.3 is 24.3 Å². The molecule has 2 aromatic carbocycles. The molecule has 0 fully saturated rings. The summed E-state index contributed by atoms with van der Waals surface area (Å²) in [6.45, 7) is 0. The molecule has 4 rings (SSSR count). The van der Waals surface area contributed by atoms with Gasteiger partial charge in [0, 0.05) is 43.9 Å². The number of hydrogen-bond donors (Lipinski definition) is 0. The van der Waals surface area contributed by atoms with Crippen molar-refractivity contribution in [1.29, 1.82) is 0 Å². The predicted octanol–water partition coefficient (Wildman–Crippen LogP) is 9.87. The SMILES string of the molecule is CO/C=C(/C(=O)OC)c1ccccc1Oc1nc(Cl)c(C(F)(F)F)s1.COC(=O)C(c1ccccc1Oc1nc(Cl)c(C(F)(F)F)s1)C(OC)OC.I.[V]. The van der Waals surface area contributed by atoms with Gasteiger partial charge in [-0.1, -0.05) is 82.3 Å². The number of halogens is 9. The molecule has 0 N–H and O–H groups in total. The first-order valence-corrected chi connectivity index (χ1v) is 16.3. The standard InChI is InChI=1S/C16H15ClF3NO5S.C15H11ClF3NO4S.HI.V/c1-23-13(22)10(14(24-2)25-3)8-6-4-5-7-9(8)26-15-21-12(17)11(27-15)16(18,19)20;1-22-7-9(13(21)23-2)8-5-3-4-6-10(8)24-14-20-12(16)11(25-14)15(17,18)19;;/h4-7,10,14H,1-3H3;3-7H,1-2H3;1H;/b;9-7+;;. The van der Waals surface area contributed by atoms with Gasteiger partial charge in [-0.05, 0) is 12.1 Å². The number of carbonyl (C=O) groups excluding carboxylic acids is 2. The third kappa shape index (κ3) is 12.9. The Labute approximate surface area is 350 Å². The van der Waals surface area contributed by atoms with E-state index in [2.05, 4.69) is 14.7 Å². The van der Waals surface area contributed by atoms with Gasteiger partial charge < -0.3 is 33.2 Å². The Morgan fingerprint density at radius 1 is 0.741 bits per heavy atom. The molecule has 2 aromatic heterocycles. The molecule has 1 atom stereocenters. The Morgan fingerprint density at radius 2 is 1.20 bits per heavy atom. The van der Waals surface area contributed by atoms with Gasteiger partial charge in [-0.3, -0.25) is 4.79 Å². The van der Waals surface area contributed by atoms with Crippen LogP contribution < -0.4 is 9.47 Å². The summed E-state index contributed by atoms with van der Waals surface area (Å²) in [6, 6.07) is 12.4. The maximum Gasteiger partial charge on any atom is 0.428 e. The number of alkyl halides is 6. The minimum absolute atomic E-state index is 0. The van der Waals surface area contributed by atoms with Crippen LogP contribution in [0.2, 0.25) is 10.3 Å². The van der Waals surface area contributed by atoms with Crippen molar-refractivity contribution >= 4 is 87.4 Å². The number of ether oxygens (including phenoxy) is 7. The van der Waals surface area contributed by atoms with Crippen LogP contribution in [0.25, 0.3) is 5.57 Å². The van der Waals surface area contributed by atoms with E-state index in [1.807, 2.05) is 0 Å². The molecule has 0 saturated carbocycles. The molecule has 1 unspecified atom stereocenters. The summed E-state index contributed by atoms with van der Waals surface area (Å²) in [7, 11) is 6.39. The van der Waals surface area contributed by atoms with Crippen molar-refractivity contribution in [2.24, 2.45) is 0 Å². The summed E-state index contributed by atoms with van der Waals surface area (Å²) in [6.07, 6.45) is -9.15. The quantitative estimate of drug-likeness (QED) is 0.0337. The van der Waals surface area contributed by atoms with E-state index in [1.54, 1.807) is 30.3 Å². The molecule has 0 spiro atoms. The van der Waals surface area contributed by atoms with Gasteiger partial charge in [-0.2, -0.15) is 36.3 Å². The molecule has 4 aromatic rings. The van der Waals surface area contributed by atoms with E-state index >= 15 is 0 Å². The molecule has 11 nitrogen and oxygen atoms in total. The number of para-hydroxylation sites is 2. The minimum atomic E-state index is -4.65. The zero-order valence-electron chi connectivity index (χ0n) is 28.1. The van der Waals surface area contributed by atoms with Crippen LogP contribution in [0.5, 0.6) is 21.9 Å². The Morgan fingerprint density at radius 3 is 1.63 bits per heavy atom. The number of carbonyl (C=O) groups is 2. The summed E-state index contributed by atoms with van der Waals surface area (Å²) in [4.78, 5) is 29.1. The first kappa shape index (κ1) is 49.2. The van der Waals surface area contributed by atoms with Crippen LogP contribution in [-0.2, 0) is 64.2 Å². The van der Waals surface area contributed by atoms with Crippen molar-refractivity contribution in [1.82, 2.24) is 9.97 Å². The molecule has 295 valence electrons. The first-order valence-electron chi connectivity index (χ1n) is 14.0. The predicted molar refractivity (Wildman–Crippen MR) is 192 cm³/mol. The van der Waals surface area contributed by atoms with Crippen molar-refractivity contribution < 1.29 is 87.6 Å². The summed E-state index contributed by atoms with van der Waals surface area (Å²) in [5.41, 5.74) is 0.577. The normalized spacial score (nSPS) is 12.0. The first-order chi connectivity index (χ1) is 24.5. The topological polar surface area (TPSA) is 125 Å². The number of rotatable bonds is 12. The molecule has 0 aliphatic carbocycles. The molecular weight excluding hydrogens is 971 g/mol. The molecular formula is C31H27Cl2F6IN2O9S2V. The molecule has 0 aliphatic heterocycles. The second kappa shape index (κ2) is 22.1. The fourth-order valence-corrected chi connectivity index (χ4v) is 6.21. The van der Waals surface area contributed by atoms with Crippen molar-refractivity contribution in [2.45, 2.75) is 24.6 Å². The third-order valence-electron chi connectivity index (χ3n) is 6.31. The number of hydrogen-bond acceptors (Lipinski definition) is 13. The summed E-state index contributed by atoms with van der Waals surface area (Å²) >= 11 is 11.6. The molecule has 0 amide bonds. The van der Waals surface area contributed by atoms with Gasteiger partial charge in [-0.15, -0.1) is 24.0 Å². The van der Waals surface area contributed by atoms with Crippen LogP contribution in [0, 0.1) is 0 Å². The molecule has 2 heterocycles. The van der Waals surface area contributed by atoms with Gasteiger partial charge in [0.1, 0.15) is 23.0 Å². The Hall–Kier alpha value is -2.83. The summed E-state index contributed by atoms with van der Waals surface area (Å²) in [5, 5.41) is -2.05. The van der Waals surface area contributed by atoms with Gasteiger partial charge in [0.05, 0.1) is 27.6 Å². The van der Waals surface area contributed by atoms with E-state index in [0.717, 1.165) is 6.26 Å². The fourth-order valence-electron chi connectivity index (χ4n) is 4.13. The zero-order valence-corrected chi connectivity index (χ0v) is 35.0. The van der Waals surface area contributed by atoms with E-state index in [1.165, 1.54) is 53.7 Å². The largest absolute Gasteiger partial charge is 0.503 e. The maximum atomic E-state index is 12.9. The Bertz CT molecular complexity index is 1880. The summed E-state index contributed by atoms with van der Waals surface area (Å²) < 4.78 is 113. The van der Waals surface area contributed by atoms with Crippen molar-refractivity contribution in [3.63, 3.8) is 0 Å². The van der Waals surface area contributed by atoms with Crippen molar-refractivity contribution in [3.05, 3.63) is 86.0 Å². The molecule has 1 radical (unpaired) electrons. The van der Waals surface area contributed by atoms with E-state index in [0.29, 0.717) is 0 Å². The number of esters is 2. The second-order valence-electron chi connectivity index (χ2n) is 9.53. The van der Waals surface area contributed by atoms with Crippen LogP contribution in [0.4, 0.5) is 26.3 Å². The van der Waals surface area contributed by atoms with Gasteiger partial charge in [0.15, 0.2) is 26.4 Å². The average Bonchev–Trinajstić information content (AvgIpc) is 3.67. The molecule has 0 bridgehead atoms.